The van der Waals surface area contributed by atoms with E-state index in [9.17, 15) is 13.2 Å². The highest BCUT2D eigenvalue weighted by atomic mass is 32.2. The minimum absolute atomic E-state index is 0.0530. The Bertz CT molecular complexity index is 599. The van der Waals surface area contributed by atoms with Crippen molar-refractivity contribution < 1.29 is 13.2 Å². The van der Waals surface area contributed by atoms with E-state index in [1.165, 1.54) is 0 Å². The molecule has 1 fully saturated rings. The molecule has 0 bridgehead atoms. The Morgan fingerprint density at radius 3 is 2.81 bits per heavy atom. The zero-order valence-electron chi connectivity index (χ0n) is 12.3. The zero-order chi connectivity index (χ0) is 15.3. The van der Waals surface area contributed by atoms with Gasteiger partial charge in [-0.05, 0) is 44.5 Å². The van der Waals surface area contributed by atoms with Crippen LogP contribution in [0.25, 0.3) is 0 Å². The molecule has 5 nitrogen and oxygen atoms in total. The van der Waals surface area contributed by atoms with Gasteiger partial charge in [0.2, 0.25) is 0 Å². The van der Waals surface area contributed by atoms with E-state index < -0.39 is 9.84 Å². The van der Waals surface area contributed by atoms with E-state index in [-0.39, 0.29) is 23.5 Å². The summed E-state index contributed by atoms with van der Waals surface area (Å²) in [6, 6.07) is 7.19. The maximum atomic E-state index is 12.4. The topological polar surface area (TPSA) is 75.3 Å². The van der Waals surface area contributed by atoms with Crippen LogP contribution in [-0.4, -0.2) is 45.5 Å². The number of benzene rings is 1. The number of hydrogen-bond donors (Lipinski definition) is 2. The van der Waals surface area contributed by atoms with Crippen LogP contribution >= 0.6 is 0 Å². The molecule has 0 aromatic heterocycles. The van der Waals surface area contributed by atoms with Crippen LogP contribution in [0, 0.1) is 0 Å². The van der Waals surface area contributed by atoms with Gasteiger partial charge >= 0.3 is 0 Å². The average Bonchev–Trinajstić information content (AvgIpc) is 2.44. The molecular formula is C15H22N2O3S. The maximum absolute atomic E-state index is 12.4. The minimum atomic E-state index is -3.01. The van der Waals surface area contributed by atoms with Gasteiger partial charge < -0.3 is 10.6 Å². The average molecular weight is 310 g/mol. The fraction of sp³-hybridized carbons (Fsp3) is 0.533. The number of likely N-dealkylation sites (N-methyl/N-ethyl adjacent to an activating group) is 1. The predicted molar refractivity (Wildman–Crippen MR) is 83.2 cm³/mol. The van der Waals surface area contributed by atoms with Gasteiger partial charge in [0.25, 0.3) is 5.91 Å². The van der Waals surface area contributed by atoms with Gasteiger partial charge in [0.15, 0.2) is 9.84 Å². The Morgan fingerprint density at radius 1 is 1.33 bits per heavy atom. The Labute approximate surface area is 126 Å². The molecule has 1 heterocycles. The highest BCUT2D eigenvalue weighted by Crippen LogP contribution is 2.14. The summed E-state index contributed by atoms with van der Waals surface area (Å²) < 4.78 is 23.3. The molecule has 1 atom stereocenters. The number of nitrogens with one attached hydrogen (secondary N) is 2. The number of carbonyl (C=O) groups excluding carboxylic acids is 1. The van der Waals surface area contributed by atoms with Crippen molar-refractivity contribution in [3.05, 3.63) is 35.4 Å². The molecule has 1 saturated heterocycles. The number of rotatable bonds is 5. The van der Waals surface area contributed by atoms with Gasteiger partial charge in [0.05, 0.1) is 11.5 Å². The normalized spacial score (nSPS) is 20.9. The van der Waals surface area contributed by atoms with Crippen molar-refractivity contribution in [1.82, 2.24) is 10.6 Å². The molecule has 21 heavy (non-hydrogen) atoms. The summed E-state index contributed by atoms with van der Waals surface area (Å²) >= 11 is 0. The zero-order valence-corrected chi connectivity index (χ0v) is 13.1. The second-order valence-electron chi connectivity index (χ2n) is 5.44. The first-order valence-corrected chi connectivity index (χ1v) is 9.08. The third kappa shape index (κ3) is 4.54. The van der Waals surface area contributed by atoms with Crippen LogP contribution in [-0.2, 0) is 16.3 Å². The van der Waals surface area contributed by atoms with Crippen molar-refractivity contribution in [1.29, 1.82) is 0 Å². The SMILES string of the molecule is CNCCc1ccccc1C(=O)NC1CCCS(=O)(=O)C1. The molecule has 1 aliphatic rings. The smallest absolute Gasteiger partial charge is 0.251 e. The molecule has 0 aliphatic carbocycles. The first-order chi connectivity index (χ1) is 10.0. The van der Waals surface area contributed by atoms with Gasteiger partial charge in [-0.2, -0.15) is 0 Å². The highest BCUT2D eigenvalue weighted by molar-refractivity contribution is 7.91. The van der Waals surface area contributed by atoms with Crippen LogP contribution in [0.5, 0.6) is 0 Å². The third-order valence-corrected chi connectivity index (χ3v) is 5.53. The molecule has 2 N–H and O–H groups in total. The van der Waals surface area contributed by atoms with Crippen LogP contribution in [0.4, 0.5) is 0 Å². The van der Waals surface area contributed by atoms with Crippen molar-refractivity contribution >= 4 is 15.7 Å². The Hall–Kier alpha value is -1.40. The lowest BCUT2D eigenvalue weighted by atomic mass is 10.0. The number of carbonyl (C=O) groups is 1. The fourth-order valence-electron chi connectivity index (χ4n) is 2.62. The standard InChI is InChI=1S/C15H22N2O3S/c1-16-9-8-12-5-2-3-7-14(12)15(18)17-13-6-4-10-21(19,20)11-13/h2-3,5,7,13,16H,4,6,8-11H2,1H3,(H,17,18). The summed E-state index contributed by atoms with van der Waals surface area (Å²) in [5.74, 6) is 0.110. The predicted octanol–water partition coefficient (Wildman–Crippen LogP) is 0.755. The first-order valence-electron chi connectivity index (χ1n) is 7.25. The van der Waals surface area contributed by atoms with E-state index >= 15 is 0 Å². The van der Waals surface area contributed by atoms with E-state index in [0.717, 1.165) is 24.9 Å². The van der Waals surface area contributed by atoms with Gasteiger partial charge in [-0.3, -0.25) is 4.79 Å². The molecule has 2 rings (SSSR count). The molecule has 1 unspecified atom stereocenters. The third-order valence-electron chi connectivity index (χ3n) is 3.70. The largest absolute Gasteiger partial charge is 0.348 e. The maximum Gasteiger partial charge on any atom is 0.251 e. The van der Waals surface area contributed by atoms with Gasteiger partial charge in [0.1, 0.15) is 0 Å². The van der Waals surface area contributed by atoms with Gasteiger partial charge in [-0.1, -0.05) is 18.2 Å². The van der Waals surface area contributed by atoms with Crippen LogP contribution in [0.2, 0.25) is 0 Å². The lowest BCUT2D eigenvalue weighted by molar-refractivity contribution is 0.0937. The van der Waals surface area contributed by atoms with Crippen LogP contribution in [0.3, 0.4) is 0 Å². The van der Waals surface area contributed by atoms with Gasteiger partial charge in [-0.15, -0.1) is 0 Å². The van der Waals surface area contributed by atoms with Crippen LogP contribution < -0.4 is 10.6 Å². The molecule has 1 aromatic carbocycles. The lowest BCUT2D eigenvalue weighted by Crippen LogP contribution is -2.43. The van der Waals surface area contributed by atoms with E-state index in [1.54, 1.807) is 6.07 Å². The summed E-state index contributed by atoms with van der Waals surface area (Å²) in [7, 11) is -1.14. The Balaban J connectivity index is 2.06. The lowest BCUT2D eigenvalue weighted by Gasteiger charge is -2.23. The highest BCUT2D eigenvalue weighted by Gasteiger charge is 2.26. The van der Waals surface area contributed by atoms with Crippen molar-refractivity contribution in [2.75, 3.05) is 25.1 Å². The van der Waals surface area contributed by atoms with Gasteiger partial charge in [0, 0.05) is 11.6 Å². The van der Waals surface area contributed by atoms with E-state index in [1.807, 2.05) is 25.2 Å². The van der Waals surface area contributed by atoms with Crippen molar-refractivity contribution in [2.24, 2.45) is 0 Å². The Morgan fingerprint density at radius 2 is 2.10 bits per heavy atom. The molecule has 1 aromatic rings. The summed E-state index contributed by atoms with van der Waals surface area (Å²) in [6.45, 7) is 0.794. The first kappa shape index (κ1) is 16.0. The quantitative estimate of drug-likeness (QED) is 0.842. The second-order valence-corrected chi connectivity index (χ2v) is 7.67. The van der Waals surface area contributed by atoms with Crippen LogP contribution in [0.15, 0.2) is 24.3 Å². The van der Waals surface area contributed by atoms with Crippen LogP contribution in [0.1, 0.15) is 28.8 Å². The van der Waals surface area contributed by atoms with E-state index in [2.05, 4.69) is 10.6 Å². The van der Waals surface area contributed by atoms with Crippen molar-refractivity contribution in [3.8, 4) is 0 Å². The molecule has 0 saturated carbocycles. The molecule has 116 valence electrons. The summed E-state index contributed by atoms with van der Waals surface area (Å²) in [4.78, 5) is 12.4. The van der Waals surface area contributed by atoms with Crippen molar-refractivity contribution in [2.45, 2.75) is 25.3 Å². The molecule has 0 spiro atoms. The molecular weight excluding hydrogens is 288 g/mol. The molecule has 0 radical (unpaired) electrons. The van der Waals surface area contributed by atoms with E-state index in [0.29, 0.717) is 12.0 Å². The summed E-state index contributed by atoms with van der Waals surface area (Å²) in [6.07, 6.45) is 2.11. The van der Waals surface area contributed by atoms with Crippen molar-refractivity contribution in [3.63, 3.8) is 0 Å². The number of amides is 1. The summed E-state index contributed by atoms with van der Waals surface area (Å²) in [5.41, 5.74) is 1.61. The number of hydrogen-bond acceptors (Lipinski definition) is 4. The fourth-order valence-corrected chi connectivity index (χ4v) is 4.26. The summed E-state index contributed by atoms with van der Waals surface area (Å²) in [5, 5.41) is 5.93. The van der Waals surface area contributed by atoms with E-state index in [4.69, 9.17) is 0 Å². The minimum Gasteiger partial charge on any atom is -0.348 e. The molecule has 1 amide bonds. The molecule has 1 aliphatic heterocycles. The molecule has 6 heteroatoms. The monoisotopic (exact) mass is 310 g/mol. The Kier molecular flexibility index (Phi) is 5.36. The van der Waals surface area contributed by atoms with Gasteiger partial charge in [-0.25, -0.2) is 8.42 Å². The number of sulfone groups is 1. The second kappa shape index (κ2) is 7.04.